The molecule has 0 amide bonds. The van der Waals surface area contributed by atoms with Gasteiger partial charge in [-0.1, -0.05) is 36.4 Å². The Labute approximate surface area is 197 Å². The van der Waals surface area contributed by atoms with Gasteiger partial charge in [-0.2, -0.15) is 0 Å². The van der Waals surface area contributed by atoms with Crippen molar-refractivity contribution in [3.8, 4) is 5.88 Å². The number of nitrogens with zero attached hydrogens (tertiary/aromatic N) is 3. The van der Waals surface area contributed by atoms with Crippen molar-refractivity contribution < 1.29 is 9.47 Å². The Hall–Kier alpha value is -2.63. The Morgan fingerprint density at radius 3 is 2.76 bits per heavy atom. The van der Waals surface area contributed by atoms with Crippen LogP contribution in [0.2, 0.25) is 0 Å². The molecule has 2 aromatic carbocycles. The lowest BCUT2D eigenvalue weighted by atomic mass is 10.0. The molecule has 0 spiro atoms. The molecule has 5 rings (SSSR count). The number of fused-ring (bicyclic) bond motifs is 2. The number of anilines is 1. The average molecular weight is 446 g/mol. The van der Waals surface area contributed by atoms with Crippen molar-refractivity contribution in [3.63, 3.8) is 0 Å². The van der Waals surface area contributed by atoms with Crippen LogP contribution in [0.5, 0.6) is 5.88 Å². The van der Waals surface area contributed by atoms with Crippen molar-refractivity contribution in [2.45, 2.75) is 58.4 Å². The van der Waals surface area contributed by atoms with Crippen LogP contribution in [-0.2, 0) is 24.3 Å². The summed E-state index contributed by atoms with van der Waals surface area (Å²) in [6.45, 7) is 8.30. The molecule has 174 valence electrons. The molecule has 1 atom stereocenters. The quantitative estimate of drug-likeness (QED) is 0.500. The minimum absolute atomic E-state index is 0.178. The lowest BCUT2D eigenvalue weighted by molar-refractivity contribution is 0.0630. The smallest absolute Gasteiger partial charge is 0.219 e. The average Bonchev–Trinajstić information content (AvgIpc) is 3.25. The van der Waals surface area contributed by atoms with Crippen LogP contribution >= 0.6 is 0 Å². The normalized spacial score (nSPS) is 18.8. The van der Waals surface area contributed by atoms with Gasteiger partial charge in [0.25, 0.3) is 0 Å². The Morgan fingerprint density at radius 2 is 1.94 bits per heavy atom. The second kappa shape index (κ2) is 9.70. The third-order valence-corrected chi connectivity index (χ3v) is 6.99. The number of hydrogen-bond acceptors (Lipinski definition) is 5. The van der Waals surface area contributed by atoms with Crippen LogP contribution in [0.25, 0.3) is 10.8 Å². The molecule has 1 saturated heterocycles. The number of pyridine rings is 1. The molecule has 33 heavy (non-hydrogen) atoms. The predicted octanol–water partition coefficient (Wildman–Crippen LogP) is 5.20. The van der Waals surface area contributed by atoms with E-state index in [-0.39, 0.29) is 6.10 Å². The Balaban J connectivity index is 1.41. The molecule has 0 aliphatic carbocycles. The van der Waals surface area contributed by atoms with E-state index in [4.69, 9.17) is 14.5 Å². The maximum Gasteiger partial charge on any atom is 0.219 e. The molecule has 2 aliphatic rings. The third kappa shape index (κ3) is 4.85. The number of ether oxygens (including phenoxy) is 2. The van der Waals surface area contributed by atoms with Gasteiger partial charge in [-0.15, -0.1) is 0 Å². The summed E-state index contributed by atoms with van der Waals surface area (Å²) in [5.41, 5.74) is 4.79. The molecule has 0 unspecified atom stereocenters. The van der Waals surface area contributed by atoms with Crippen LogP contribution in [0, 0.1) is 0 Å². The zero-order chi connectivity index (χ0) is 22.8. The fourth-order valence-electron chi connectivity index (χ4n) is 5.03. The van der Waals surface area contributed by atoms with Crippen molar-refractivity contribution in [1.29, 1.82) is 0 Å². The molecule has 1 aromatic heterocycles. The summed E-state index contributed by atoms with van der Waals surface area (Å²) in [7, 11) is 2.19. The lowest BCUT2D eigenvalue weighted by Gasteiger charge is -2.32. The minimum atomic E-state index is 0.178. The zero-order valence-electron chi connectivity index (χ0n) is 20.1. The maximum atomic E-state index is 6.35. The second-order valence-corrected chi connectivity index (χ2v) is 9.68. The van der Waals surface area contributed by atoms with Gasteiger partial charge in [0.05, 0.1) is 24.9 Å². The van der Waals surface area contributed by atoms with Gasteiger partial charge >= 0.3 is 0 Å². The number of rotatable bonds is 7. The molecule has 0 saturated carbocycles. The molecule has 0 radical (unpaired) electrons. The Kier molecular flexibility index (Phi) is 6.52. The first-order valence-corrected chi connectivity index (χ1v) is 12.3. The number of aromatic nitrogens is 1. The van der Waals surface area contributed by atoms with Gasteiger partial charge in [0.1, 0.15) is 6.61 Å². The fourth-order valence-corrected chi connectivity index (χ4v) is 5.03. The number of benzene rings is 2. The van der Waals surface area contributed by atoms with E-state index in [0.717, 1.165) is 43.2 Å². The molecule has 5 heteroatoms. The molecule has 5 nitrogen and oxygen atoms in total. The monoisotopic (exact) mass is 445 g/mol. The highest BCUT2D eigenvalue weighted by molar-refractivity contribution is 5.94. The van der Waals surface area contributed by atoms with Crippen LogP contribution < -0.4 is 9.64 Å². The third-order valence-electron chi connectivity index (χ3n) is 6.99. The Morgan fingerprint density at radius 1 is 1.09 bits per heavy atom. The number of likely N-dealkylation sites (N-methyl/N-ethyl adjacent to an activating group) is 1. The highest BCUT2D eigenvalue weighted by atomic mass is 16.5. The van der Waals surface area contributed by atoms with E-state index in [2.05, 4.69) is 79.2 Å². The van der Waals surface area contributed by atoms with E-state index in [1.807, 2.05) is 0 Å². The summed E-state index contributed by atoms with van der Waals surface area (Å²) in [6.07, 6.45) is 3.59. The van der Waals surface area contributed by atoms with Crippen LogP contribution in [0.3, 0.4) is 0 Å². The molecule has 2 aliphatic heterocycles. The largest absolute Gasteiger partial charge is 0.476 e. The van der Waals surface area contributed by atoms with Crippen LogP contribution in [0.15, 0.2) is 48.5 Å². The summed E-state index contributed by atoms with van der Waals surface area (Å²) in [4.78, 5) is 9.92. The van der Waals surface area contributed by atoms with Crippen LogP contribution in [-0.4, -0.2) is 48.8 Å². The van der Waals surface area contributed by atoms with Gasteiger partial charge < -0.3 is 19.3 Å². The number of likely N-dealkylation sites (tertiary alicyclic amines) is 1. The van der Waals surface area contributed by atoms with Crippen LogP contribution in [0.4, 0.5) is 5.69 Å². The lowest BCUT2D eigenvalue weighted by Crippen LogP contribution is -2.32. The van der Waals surface area contributed by atoms with Crippen molar-refractivity contribution in [2.75, 3.05) is 31.6 Å². The first-order valence-electron chi connectivity index (χ1n) is 12.3. The van der Waals surface area contributed by atoms with E-state index < -0.39 is 0 Å². The van der Waals surface area contributed by atoms with Gasteiger partial charge in [0.2, 0.25) is 5.88 Å². The van der Waals surface area contributed by atoms with Gasteiger partial charge in [-0.3, -0.25) is 0 Å². The molecule has 0 bridgehead atoms. The minimum Gasteiger partial charge on any atom is -0.476 e. The van der Waals surface area contributed by atoms with Gasteiger partial charge in [0.15, 0.2) is 0 Å². The van der Waals surface area contributed by atoms with Crippen molar-refractivity contribution in [3.05, 3.63) is 65.4 Å². The fraction of sp³-hybridized carbons (Fsp3) is 0.464. The van der Waals surface area contributed by atoms with E-state index in [0.29, 0.717) is 19.3 Å². The summed E-state index contributed by atoms with van der Waals surface area (Å²) in [5.74, 6) is 0.745. The van der Waals surface area contributed by atoms with Crippen molar-refractivity contribution in [2.24, 2.45) is 0 Å². The predicted molar refractivity (Wildman–Crippen MR) is 134 cm³/mol. The molecular formula is C28H35N3O2. The van der Waals surface area contributed by atoms with E-state index in [9.17, 15) is 0 Å². The zero-order valence-corrected chi connectivity index (χ0v) is 20.1. The number of hydrogen-bond donors (Lipinski definition) is 0. The molecule has 0 N–H and O–H groups in total. The highest BCUT2D eigenvalue weighted by Gasteiger charge is 2.25. The maximum absolute atomic E-state index is 6.35. The second-order valence-electron chi connectivity index (χ2n) is 9.68. The molecule has 3 aromatic rings. The van der Waals surface area contributed by atoms with Crippen molar-refractivity contribution in [1.82, 2.24) is 9.88 Å². The summed E-state index contributed by atoms with van der Waals surface area (Å²) in [5, 5.41) is 2.57. The van der Waals surface area contributed by atoms with Crippen LogP contribution in [0.1, 0.15) is 43.5 Å². The molecule has 1 fully saturated rings. The van der Waals surface area contributed by atoms with Crippen molar-refractivity contribution >= 4 is 16.5 Å². The highest BCUT2D eigenvalue weighted by Crippen LogP contribution is 2.32. The molecule has 3 heterocycles. The van der Waals surface area contributed by atoms with E-state index in [1.165, 1.54) is 34.9 Å². The van der Waals surface area contributed by atoms with Gasteiger partial charge in [-0.25, -0.2) is 4.98 Å². The standard InChI is InChI=1S/C28H35N3O2/c1-20(2)32-18-23-16-22-13-15-31(27-12-6-9-21-8-4-5-11-25(21)27)17-26(22)29-28(23)33-19-24-10-7-14-30(24)3/h4-6,8-9,11-12,16,20,24H,7,10,13-15,17-19H2,1-3H3/t24-/m1/s1. The summed E-state index contributed by atoms with van der Waals surface area (Å²) < 4.78 is 12.3. The summed E-state index contributed by atoms with van der Waals surface area (Å²) >= 11 is 0. The first-order chi connectivity index (χ1) is 16.1. The summed E-state index contributed by atoms with van der Waals surface area (Å²) in [6, 6.07) is 17.9. The van der Waals surface area contributed by atoms with Gasteiger partial charge in [-0.05, 0) is 69.8 Å². The van der Waals surface area contributed by atoms with Gasteiger partial charge in [0, 0.05) is 29.2 Å². The van der Waals surface area contributed by atoms with E-state index in [1.54, 1.807) is 0 Å². The SMILES string of the molecule is CC(C)OCc1cc2c(nc1OC[C@H]1CCCN1C)CN(c1cccc3ccccc13)CC2. The molecular weight excluding hydrogens is 410 g/mol. The topological polar surface area (TPSA) is 37.8 Å². The first kappa shape index (κ1) is 22.2. The Bertz CT molecular complexity index is 1110. The van der Waals surface area contributed by atoms with E-state index >= 15 is 0 Å².